The van der Waals surface area contributed by atoms with Gasteiger partial charge in [-0.05, 0) is 54.9 Å². The van der Waals surface area contributed by atoms with Gasteiger partial charge in [0.1, 0.15) is 16.7 Å². The molecule has 2 amide bonds. The number of urea groups is 1. The van der Waals surface area contributed by atoms with Crippen LogP contribution in [0.15, 0.2) is 21.5 Å². The quantitative estimate of drug-likeness (QED) is 0.752. The number of ether oxygens (including phenoxy) is 1. The van der Waals surface area contributed by atoms with Crippen LogP contribution < -0.4 is 15.2 Å². The summed E-state index contributed by atoms with van der Waals surface area (Å²) in [6.07, 6.45) is 4.44. The fourth-order valence-electron chi connectivity index (χ4n) is 4.79. The van der Waals surface area contributed by atoms with Crippen LogP contribution in [0, 0.1) is 0 Å². The summed E-state index contributed by atoms with van der Waals surface area (Å²) < 4.78 is 38.6. The molecule has 0 unspecified atom stereocenters. The first-order valence-corrected chi connectivity index (χ1v) is 12.2. The summed E-state index contributed by atoms with van der Waals surface area (Å²) in [5.74, 6) is 0.287. The molecule has 166 valence electrons. The van der Waals surface area contributed by atoms with Crippen LogP contribution in [0.25, 0.3) is 0 Å². The number of hydrogen-bond acceptors (Lipinski definition) is 4. The Bertz CT molecular complexity index is 1220. The molecule has 0 saturated carbocycles. The third-order valence-electron chi connectivity index (χ3n) is 6.57. The molecule has 1 aromatic heterocycles. The van der Waals surface area contributed by atoms with Gasteiger partial charge in [0.2, 0.25) is 5.88 Å². The zero-order chi connectivity index (χ0) is 22.0. The van der Waals surface area contributed by atoms with Crippen LogP contribution in [0.3, 0.4) is 0 Å². The minimum Gasteiger partial charge on any atom is -0.469 e. The molecular formula is C21H26FN5O3S. The number of aromatic nitrogens is 2. The second-order valence-corrected chi connectivity index (χ2v) is 10.6. The molecule has 0 spiro atoms. The first-order chi connectivity index (χ1) is 14.7. The minimum absolute atomic E-state index is 0.104. The van der Waals surface area contributed by atoms with Crippen LogP contribution >= 0.6 is 0 Å². The van der Waals surface area contributed by atoms with Crippen molar-refractivity contribution in [3.8, 4) is 5.88 Å². The molecule has 31 heavy (non-hydrogen) atoms. The number of amides is 2. The second-order valence-electron chi connectivity index (χ2n) is 8.85. The van der Waals surface area contributed by atoms with Crippen LogP contribution in [-0.4, -0.2) is 31.8 Å². The number of hydrogen-bond donors (Lipinski definition) is 2. The van der Waals surface area contributed by atoms with Crippen LogP contribution in [0.5, 0.6) is 5.88 Å². The SMILES string of the molecule is CC[C@]1(C)Cn2ncc([S@@](N)(=O)=NC(=O)Nc3c4c(cc5c3C[C@H](F)C5)CCC4)c2O1. The Kier molecular flexibility index (Phi) is 4.63. The van der Waals surface area contributed by atoms with E-state index in [9.17, 15) is 13.4 Å². The zero-order valence-corrected chi connectivity index (χ0v) is 18.4. The molecule has 8 nitrogen and oxygen atoms in total. The Morgan fingerprint density at radius 2 is 2.23 bits per heavy atom. The topological polar surface area (TPSA) is 112 Å². The van der Waals surface area contributed by atoms with Crippen LogP contribution in [0.2, 0.25) is 0 Å². The van der Waals surface area contributed by atoms with E-state index >= 15 is 0 Å². The Morgan fingerprint density at radius 1 is 1.42 bits per heavy atom. The summed E-state index contributed by atoms with van der Waals surface area (Å²) in [6.45, 7) is 4.43. The molecule has 10 heteroatoms. The van der Waals surface area contributed by atoms with E-state index < -0.39 is 27.7 Å². The van der Waals surface area contributed by atoms with Gasteiger partial charge in [0.15, 0.2) is 9.92 Å². The monoisotopic (exact) mass is 447 g/mol. The molecule has 0 fully saturated rings. The number of alkyl halides is 1. The highest BCUT2D eigenvalue weighted by Gasteiger charge is 2.38. The van der Waals surface area contributed by atoms with Gasteiger partial charge in [-0.25, -0.2) is 23.2 Å². The number of anilines is 1. The fourth-order valence-corrected chi connectivity index (χ4v) is 5.78. The molecule has 2 aromatic rings. The van der Waals surface area contributed by atoms with E-state index in [1.165, 1.54) is 6.20 Å². The first kappa shape index (κ1) is 20.4. The summed E-state index contributed by atoms with van der Waals surface area (Å²) in [5.41, 5.74) is 4.05. The largest absolute Gasteiger partial charge is 0.469 e. The van der Waals surface area contributed by atoms with Gasteiger partial charge < -0.3 is 10.1 Å². The van der Waals surface area contributed by atoms with Crippen molar-refractivity contribution in [3.05, 3.63) is 34.5 Å². The zero-order valence-electron chi connectivity index (χ0n) is 17.6. The van der Waals surface area contributed by atoms with Gasteiger partial charge in [-0.2, -0.15) is 5.10 Å². The Hall–Kier alpha value is -2.46. The van der Waals surface area contributed by atoms with Crippen molar-refractivity contribution in [3.63, 3.8) is 0 Å². The van der Waals surface area contributed by atoms with Crippen molar-refractivity contribution < 1.29 is 18.1 Å². The first-order valence-electron chi connectivity index (χ1n) is 10.6. The van der Waals surface area contributed by atoms with Gasteiger partial charge in [0.25, 0.3) is 0 Å². The minimum atomic E-state index is -3.58. The second kappa shape index (κ2) is 7.03. The lowest BCUT2D eigenvalue weighted by atomic mass is 9.99. The highest BCUT2D eigenvalue weighted by molar-refractivity contribution is 7.91. The molecule has 2 heterocycles. The number of nitrogens with one attached hydrogen (secondary N) is 1. The van der Waals surface area contributed by atoms with Crippen molar-refractivity contribution >= 4 is 21.6 Å². The average molecular weight is 448 g/mol. The van der Waals surface area contributed by atoms with E-state index in [4.69, 9.17) is 9.88 Å². The number of nitrogens with two attached hydrogens (primary N) is 1. The van der Waals surface area contributed by atoms with Gasteiger partial charge in [-0.15, -0.1) is 4.36 Å². The number of rotatable bonds is 3. The number of halogens is 1. The van der Waals surface area contributed by atoms with E-state index in [0.717, 1.165) is 47.9 Å². The van der Waals surface area contributed by atoms with Gasteiger partial charge in [-0.1, -0.05) is 13.0 Å². The third-order valence-corrected chi connectivity index (χ3v) is 7.91. The maximum absolute atomic E-state index is 14.1. The molecule has 3 N–H and O–H groups in total. The van der Waals surface area contributed by atoms with Gasteiger partial charge in [-0.3, -0.25) is 0 Å². The molecular weight excluding hydrogens is 421 g/mol. The van der Waals surface area contributed by atoms with Gasteiger partial charge in [0.05, 0.1) is 12.7 Å². The smallest absolute Gasteiger partial charge is 0.354 e. The fraction of sp³-hybridized carbons (Fsp3) is 0.524. The van der Waals surface area contributed by atoms with Crippen molar-refractivity contribution in [1.82, 2.24) is 9.78 Å². The summed E-state index contributed by atoms with van der Waals surface area (Å²) in [5, 5.41) is 13.0. The Labute approximate surface area is 180 Å². The molecule has 0 bridgehead atoms. The molecule has 3 aliphatic rings. The molecule has 5 rings (SSSR count). The standard InChI is InChI=1S/C21H26FN5O3S/c1-3-21(2)11-27-19(30-21)17(10-24-27)31(23,29)26-20(28)25-18-15-6-4-5-12(15)7-13-8-14(22)9-16(13)18/h7,10,14H,3-6,8-9,11H2,1-2H3,(H3,23,25,26,28,29)/t14-,21-,31+/m1/s1. The molecule has 1 aromatic carbocycles. The normalized spacial score (nSPS) is 25.4. The lowest BCUT2D eigenvalue weighted by Gasteiger charge is -2.20. The van der Waals surface area contributed by atoms with Crippen LogP contribution in [0.4, 0.5) is 14.9 Å². The van der Waals surface area contributed by atoms with E-state index in [0.29, 0.717) is 18.7 Å². The van der Waals surface area contributed by atoms with Crippen LogP contribution in [-0.2, 0) is 42.1 Å². The molecule has 3 atom stereocenters. The highest BCUT2D eigenvalue weighted by Crippen LogP contribution is 2.40. The molecule has 1 aliphatic heterocycles. The maximum atomic E-state index is 14.1. The van der Waals surface area contributed by atoms with E-state index in [2.05, 4.69) is 20.8 Å². The van der Waals surface area contributed by atoms with Crippen molar-refractivity contribution in [2.75, 3.05) is 5.32 Å². The summed E-state index contributed by atoms with van der Waals surface area (Å²) in [6, 6.07) is 1.25. The number of aryl methyl sites for hydroxylation is 1. The van der Waals surface area contributed by atoms with E-state index in [1.807, 2.05) is 13.8 Å². The van der Waals surface area contributed by atoms with E-state index in [-0.39, 0.29) is 17.2 Å². The van der Waals surface area contributed by atoms with E-state index in [1.54, 1.807) is 4.68 Å². The van der Waals surface area contributed by atoms with Crippen molar-refractivity contribution in [1.29, 1.82) is 0 Å². The predicted molar refractivity (Wildman–Crippen MR) is 114 cm³/mol. The average Bonchev–Trinajstić information content (AvgIpc) is 3.43. The maximum Gasteiger partial charge on any atom is 0.354 e. The van der Waals surface area contributed by atoms with Crippen LogP contribution in [0.1, 0.15) is 48.9 Å². The third kappa shape index (κ3) is 3.41. The predicted octanol–water partition coefficient (Wildman–Crippen LogP) is 3.30. The highest BCUT2D eigenvalue weighted by atomic mass is 32.2. The number of carbonyl (C=O) groups excluding carboxylic acids is 1. The molecule has 2 aliphatic carbocycles. The number of benzene rings is 1. The van der Waals surface area contributed by atoms with Gasteiger partial charge in [0, 0.05) is 18.5 Å². The lowest BCUT2D eigenvalue weighted by Crippen LogP contribution is -2.30. The lowest BCUT2D eigenvalue weighted by molar-refractivity contribution is 0.105. The summed E-state index contributed by atoms with van der Waals surface area (Å²) >= 11 is 0. The van der Waals surface area contributed by atoms with Crippen molar-refractivity contribution in [2.24, 2.45) is 9.50 Å². The number of nitrogens with zero attached hydrogens (tertiary/aromatic N) is 3. The molecule has 0 radical (unpaired) electrons. The Morgan fingerprint density at radius 3 is 3.00 bits per heavy atom. The number of fused-ring (bicyclic) bond motifs is 3. The summed E-state index contributed by atoms with van der Waals surface area (Å²) in [4.78, 5) is 12.9. The Balaban J connectivity index is 1.47. The number of carbonyl (C=O) groups is 1. The summed E-state index contributed by atoms with van der Waals surface area (Å²) in [7, 11) is -3.58. The van der Waals surface area contributed by atoms with Gasteiger partial charge >= 0.3 is 6.03 Å². The van der Waals surface area contributed by atoms with Crippen molar-refractivity contribution in [2.45, 2.75) is 75.6 Å². The molecule has 0 saturated heterocycles.